The van der Waals surface area contributed by atoms with E-state index in [1.165, 1.54) is 0 Å². The van der Waals surface area contributed by atoms with Crippen molar-refractivity contribution in [3.05, 3.63) is 146 Å². The second-order valence-corrected chi connectivity index (χ2v) is 13.2. The van der Waals surface area contributed by atoms with E-state index in [0.29, 0.717) is 5.65 Å². The van der Waals surface area contributed by atoms with Crippen LogP contribution < -0.4 is 15.9 Å². The van der Waals surface area contributed by atoms with E-state index in [4.69, 9.17) is 9.97 Å². The topological polar surface area (TPSA) is 55.7 Å². The zero-order valence-corrected chi connectivity index (χ0v) is 23.4. The normalized spacial score (nSPS) is 11.9. The summed E-state index contributed by atoms with van der Waals surface area (Å²) >= 11 is 0. The first-order valence-corrected chi connectivity index (χ1v) is 15.6. The Morgan fingerprint density at radius 2 is 1.10 bits per heavy atom. The molecule has 42 heavy (non-hydrogen) atoms. The van der Waals surface area contributed by atoms with Crippen molar-refractivity contribution >= 4 is 66.7 Å². The zero-order chi connectivity index (χ0) is 28.1. The molecule has 0 fully saturated rings. The van der Waals surface area contributed by atoms with E-state index in [0.717, 1.165) is 65.1 Å². The fourth-order valence-corrected chi connectivity index (χ4v) is 8.56. The van der Waals surface area contributed by atoms with Crippen LogP contribution in [0.15, 0.2) is 146 Å². The predicted molar refractivity (Wildman–Crippen MR) is 175 cm³/mol. The van der Waals surface area contributed by atoms with Crippen LogP contribution in [0, 0.1) is 0 Å². The molecule has 5 heteroatoms. The largest absolute Gasteiger partial charge is 0.309 e. The van der Waals surface area contributed by atoms with Crippen LogP contribution >= 0.6 is 7.14 Å². The van der Waals surface area contributed by atoms with Crippen molar-refractivity contribution in [3.8, 4) is 11.3 Å². The lowest BCUT2D eigenvalue weighted by Crippen LogP contribution is -2.24. The van der Waals surface area contributed by atoms with E-state index in [9.17, 15) is 4.57 Å². The lowest BCUT2D eigenvalue weighted by molar-refractivity contribution is 0.592. The Balaban J connectivity index is 1.33. The molecule has 5 aromatic carbocycles. The number of hydrogen-bond acceptors (Lipinski definition) is 4. The van der Waals surface area contributed by atoms with Crippen LogP contribution in [-0.4, -0.2) is 15.0 Å². The fraction of sp³-hybridized carbons (Fsp3) is 0. The van der Waals surface area contributed by atoms with Gasteiger partial charge < -0.3 is 4.57 Å². The maximum Gasteiger partial charge on any atom is 0.171 e. The SMILES string of the molecule is O=P(c1ccccc1)(c1ccccc1)c1ccc(-c2nc3nc4c(ccc5cccnc54)cc3c3ccccc23)cc1. The van der Waals surface area contributed by atoms with Gasteiger partial charge in [0.25, 0.3) is 0 Å². The lowest BCUT2D eigenvalue weighted by Gasteiger charge is -2.20. The highest BCUT2D eigenvalue weighted by molar-refractivity contribution is 7.85. The molecule has 0 bridgehead atoms. The molecule has 0 spiro atoms. The molecule has 0 aliphatic heterocycles. The van der Waals surface area contributed by atoms with Gasteiger partial charge in [-0.2, -0.15) is 0 Å². The van der Waals surface area contributed by atoms with E-state index in [-0.39, 0.29) is 0 Å². The van der Waals surface area contributed by atoms with Gasteiger partial charge in [-0.05, 0) is 17.5 Å². The van der Waals surface area contributed by atoms with Crippen LogP contribution in [0.1, 0.15) is 0 Å². The summed E-state index contributed by atoms with van der Waals surface area (Å²) in [6.07, 6.45) is 1.80. The van der Waals surface area contributed by atoms with E-state index < -0.39 is 7.14 Å². The Morgan fingerprint density at radius 3 is 1.81 bits per heavy atom. The standard InChI is InChI=1S/C37H24N3OP/c41-42(28-11-3-1-4-12-28,29-13-5-2-6-14-29)30-21-19-26(20-22-30)34-32-16-8-7-15-31(32)33-24-27-18-17-25-10-9-23-38-35(25)36(27)40-37(33)39-34/h1-24H. The van der Waals surface area contributed by atoms with Crippen LogP contribution in [0.2, 0.25) is 0 Å². The van der Waals surface area contributed by atoms with Crippen molar-refractivity contribution in [1.82, 2.24) is 15.0 Å². The second kappa shape index (κ2) is 9.73. The van der Waals surface area contributed by atoms with Crippen LogP contribution in [-0.2, 0) is 4.57 Å². The molecule has 0 N–H and O–H groups in total. The van der Waals surface area contributed by atoms with Gasteiger partial charge in [-0.3, -0.25) is 4.98 Å². The summed E-state index contributed by atoms with van der Waals surface area (Å²) in [6, 6.07) is 46.2. The number of aromatic nitrogens is 3. The Bertz CT molecular complexity index is 2280. The monoisotopic (exact) mass is 557 g/mol. The minimum Gasteiger partial charge on any atom is -0.309 e. The van der Waals surface area contributed by atoms with Gasteiger partial charge in [0.05, 0.1) is 16.7 Å². The van der Waals surface area contributed by atoms with Crippen molar-refractivity contribution in [3.63, 3.8) is 0 Å². The molecule has 0 saturated heterocycles. The van der Waals surface area contributed by atoms with Crippen LogP contribution in [0.3, 0.4) is 0 Å². The van der Waals surface area contributed by atoms with Crippen LogP contribution in [0.5, 0.6) is 0 Å². The third-order valence-corrected chi connectivity index (χ3v) is 11.0. The van der Waals surface area contributed by atoms with Gasteiger partial charge in [0.1, 0.15) is 0 Å². The highest BCUT2D eigenvalue weighted by atomic mass is 31.2. The number of nitrogens with zero attached hydrogens (tertiary/aromatic N) is 3. The highest BCUT2D eigenvalue weighted by Gasteiger charge is 2.29. The first kappa shape index (κ1) is 24.6. The summed E-state index contributed by atoms with van der Waals surface area (Å²) in [7, 11) is -3.07. The molecule has 0 amide bonds. The molecule has 0 unspecified atom stereocenters. The molecule has 0 radical (unpaired) electrons. The van der Waals surface area contributed by atoms with E-state index >= 15 is 0 Å². The summed E-state index contributed by atoms with van der Waals surface area (Å²) in [5.41, 5.74) is 4.19. The van der Waals surface area contributed by atoms with Crippen molar-refractivity contribution in [2.24, 2.45) is 0 Å². The summed E-state index contributed by atoms with van der Waals surface area (Å²) in [5, 5.41) is 7.65. The molecule has 8 rings (SSSR count). The van der Waals surface area contributed by atoms with Gasteiger partial charge in [-0.15, -0.1) is 0 Å². The molecule has 4 nitrogen and oxygen atoms in total. The Hall–Kier alpha value is -5.18. The van der Waals surface area contributed by atoms with Crippen molar-refractivity contribution in [2.45, 2.75) is 0 Å². The number of fused-ring (bicyclic) bond motifs is 6. The fourth-order valence-electron chi connectivity index (χ4n) is 5.91. The highest BCUT2D eigenvalue weighted by Crippen LogP contribution is 2.43. The smallest absolute Gasteiger partial charge is 0.171 e. The van der Waals surface area contributed by atoms with Crippen molar-refractivity contribution in [2.75, 3.05) is 0 Å². The molecule has 0 saturated carbocycles. The number of pyridine rings is 3. The molecule has 198 valence electrons. The summed E-state index contributed by atoms with van der Waals surface area (Å²) in [4.78, 5) is 14.8. The molecule has 3 aromatic heterocycles. The summed E-state index contributed by atoms with van der Waals surface area (Å²) < 4.78 is 14.9. The van der Waals surface area contributed by atoms with Crippen LogP contribution in [0.25, 0.3) is 54.9 Å². The van der Waals surface area contributed by atoms with E-state index in [1.807, 2.05) is 97.1 Å². The molecule has 0 atom stereocenters. The van der Waals surface area contributed by atoms with Crippen molar-refractivity contribution in [1.29, 1.82) is 0 Å². The lowest BCUT2D eigenvalue weighted by atomic mass is 10.0. The van der Waals surface area contributed by atoms with Gasteiger partial charge in [0.2, 0.25) is 0 Å². The summed E-state index contributed by atoms with van der Waals surface area (Å²) in [6.45, 7) is 0. The average Bonchev–Trinajstić information content (AvgIpc) is 3.07. The first-order chi connectivity index (χ1) is 20.7. The zero-order valence-electron chi connectivity index (χ0n) is 22.6. The van der Waals surface area contributed by atoms with Gasteiger partial charge in [0.15, 0.2) is 12.8 Å². The molecule has 0 aliphatic carbocycles. The molecule has 8 aromatic rings. The number of rotatable bonds is 4. The number of hydrogen-bond donors (Lipinski definition) is 0. The maximum absolute atomic E-state index is 14.9. The third-order valence-electron chi connectivity index (χ3n) is 7.97. The van der Waals surface area contributed by atoms with Gasteiger partial charge in [-0.1, -0.05) is 127 Å². The quantitative estimate of drug-likeness (QED) is 0.126. The van der Waals surface area contributed by atoms with Gasteiger partial charge in [0, 0.05) is 49.2 Å². The van der Waals surface area contributed by atoms with Crippen molar-refractivity contribution < 1.29 is 4.57 Å². The van der Waals surface area contributed by atoms with Gasteiger partial charge >= 0.3 is 0 Å². The Morgan fingerprint density at radius 1 is 0.476 bits per heavy atom. The van der Waals surface area contributed by atoms with E-state index in [2.05, 4.69) is 47.4 Å². The molecular weight excluding hydrogens is 533 g/mol. The molecule has 0 aliphatic rings. The maximum atomic E-state index is 14.9. The first-order valence-electron chi connectivity index (χ1n) is 13.9. The number of benzene rings is 5. The second-order valence-electron chi connectivity index (χ2n) is 10.4. The Labute approximate surface area is 242 Å². The minimum absolute atomic E-state index is 0.678. The summed E-state index contributed by atoms with van der Waals surface area (Å²) in [5.74, 6) is 0. The van der Waals surface area contributed by atoms with Crippen LogP contribution in [0.4, 0.5) is 0 Å². The average molecular weight is 558 g/mol. The van der Waals surface area contributed by atoms with E-state index in [1.54, 1.807) is 6.20 Å². The predicted octanol–water partition coefficient (Wildman–Crippen LogP) is 7.79. The molecule has 3 heterocycles. The molecular formula is C37H24N3OP. The van der Waals surface area contributed by atoms with Gasteiger partial charge in [-0.25, -0.2) is 9.97 Å². The Kier molecular flexibility index (Phi) is 5.70. The third kappa shape index (κ3) is 3.84. The minimum atomic E-state index is -3.07.